The van der Waals surface area contributed by atoms with Gasteiger partial charge in [0.1, 0.15) is 11.0 Å². The molecule has 0 aliphatic rings. The van der Waals surface area contributed by atoms with E-state index in [2.05, 4.69) is 32.6 Å². The van der Waals surface area contributed by atoms with Crippen LogP contribution >= 0.6 is 0 Å². The molecule has 26 heavy (non-hydrogen) atoms. The Hall–Kier alpha value is -2.80. The number of imidazole rings is 1. The van der Waals surface area contributed by atoms with Crippen LogP contribution in [0.1, 0.15) is 13.3 Å². The van der Waals surface area contributed by atoms with Gasteiger partial charge in [-0.2, -0.15) is 0 Å². The van der Waals surface area contributed by atoms with Gasteiger partial charge in [-0.3, -0.25) is 0 Å². The number of halogens is 1. The normalized spacial score (nSPS) is 12.8. The van der Waals surface area contributed by atoms with E-state index in [4.69, 9.17) is 0 Å². The van der Waals surface area contributed by atoms with Crippen LogP contribution in [-0.2, 0) is 21.1 Å². The van der Waals surface area contributed by atoms with E-state index in [9.17, 15) is 0 Å². The number of aryl methyl sites for hydroxylation is 3. The molecule has 0 amide bonds. The predicted molar refractivity (Wildman–Crippen MR) is 97.3 cm³/mol. The molecule has 0 aliphatic heterocycles. The molecular formula is C18H22ClN7. The molecule has 1 aromatic carbocycles. The molecule has 0 saturated heterocycles. The summed E-state index contributed by atoms with van der Waals surface area (Å²) in [5, 5.41) is 17.2. The van der Waals surface area contributed by atoms with Crippen molar-refractivity contribution in [3.63, 3.8) is 0 Å². The average Bonchev–Trinajstić information content (AvgIpc) is 2.88. The van der Waals surface area contributed by atoms with Gasteiger partial charge in [-0.15, -0.1) is 10.2 Å². The second-order valence-electron chi connectivity index (χ2n) is 5.75. The third-order valence-electron chi connectivity index (χ3n) is 4.07. The monoisotopic (exact) mass is 371 g/mol. The first-order chi connectivity index (χ1) is 12.1. The van der Waals surface area contributed by atoms with Crippen LogP contribution in [0.5, 0.6) is 0 Å². The van der Waals surface area contributed by atoms with Gasteiger partial charge >= 0.3 is 5.95 Å². The molecule has 0 atom stereocenters. The summed E-state index contributed by atoms with van der Waals surface area (Å²) in [5.41, 5.74) is 2.98. The minimum Gasteiger partial charge on any atom is -1.00 e. The number of aromatic nitrogens is 3. The third kappa shape index (κ3) is 3.88. The van der Waals surface area contributed by atoms with E-state index in [1.165, 1.54) is 0 Å². The van der Waals surface area contributed by atoms with E-state index in [1.807, 2.05) is 78.3 Å². The maximum Gasteiger partial charge on any atom is 0.422 e. The number of benzene rings is 1. The highest BCUT2D eigenvalue weighted by Crippen LogP contribution is 2.17. The first-order valence-corrected chi connectivity index (χ1v) is 8.19. The Bertz CT molecular complexity index is 988. The van der Waals surface area contributed by atoms with Crippen LogP contribution in [0.15, 0.2) is 69.1 Å². The van der Waals surface area contributed by atoms with Gasteiger partial charge in [0.15, 0.2) is 11.3 Å². The number of rotatable bonds is 3. The SMILES string of the molecule is CCC(N=Nc1n(C)c2ccccc2[n+]1C)=NN=c1ccccn1C.[Cl-]. The van der Waals surface area contributed by atoms with Gasteiger partial charge in [0.2, 0.25) is 0 Å². The van der Waals surface area contributed by atoms with Crippen molar-refractivity contribution in [3.05, 3.63) is 54.1 Å². The van der Waals surface area contributed by atoms with Gasteiger partial charge in [-0.05, 0) is 24.3 Å². The predicted octanol–water partition coefficient (Wildman–Crippen LogP) is -0.247. The first-order valence-electron chi connectivity index (χ1n) is 8.19. The van der Waals surface area contributed by atoms with E-state index in [0.29, 0.717) is 12.3 Å². The lowest BCUT2D eigenvalue weighted by Crippen LogP contribution is -3.00. The fourth-order valence-electron chi connectivity index (χ4n) is 2.60. The van der Waals surface area contributed by atoms with Crippen molar-refractivity contribution in [2.24, 2.45) is 41.6 Å². The van der Waals surface area contributed by atoms with Gasteiger partial charge in [0.25, 0.3) is 0 Å². The smallest absolute Gasteiger partial charge is 0.422 e. The number of fused-ring (bicyclic) bond motifs is 1. The highest BCUT2D eigenvalue weighted by molar-refractivity contribution is 5.82. The van der Waals surface area contributed by atoms with Crippen molar-refractivity contribution in [1.82, 2.24) is 9.13 Å². The Morgan fingerprint density at radius 3 is 2.50 bits per heavy atom. The number of azo groups is 1. The molecule has 7 nitrogen and oxygen atoms in total. The molecule has 3 rings (SSSR count). The molecule has 0 bridgehead atoms. The molecule has 0 fully saturated rings. The van der Waals surface area contributed by atoms with Crippen molar-refractivity contribution in [3.8, 4) is 0 Å². The summed E-state index contributed by atoms with van der Waals surface area (Å²) >= 11 is 0. The zero-order valence-corrected chi connectivity index (χ0v) is 16.1. The fraction of sp³-hybridized carbons (Fsp3) is 0.278. The Morgan fingerprint density at radius 1 is 1.08 bits per heavy atom. The Morgan fingerprint density at radius 2 is 1.81 bits per heavy atom. The Labute approximate surface area is 158 Å². The van der Waals surface area contributed by atoms with Crippen LogP contribution in [0.2, 0.25) is 0 Å². The number of hydrogen-bond acceptors (Lipinski definition) is 3. The summed E-state index contributed by atoms with van der Waals surface area (Å²) in [5.74, 6) is 1.33. The Balaban J connectivity index is 0.00000243. The van der Waals surface area contributed by atoms with Crippen LogP contribution < -0.4 is 22.5 Å². The number of nitrogens with zero attached hydrogens (tertiary/aromatic N) is 7. The molecule has 0 unspecified atom stereocenters. The fourth-order valence-corrected chi connectivity index (χ4v) is 2.60. The van der Waals surface area contributed by atoms with Crippen LogP contribution in [0.25, 0.3) is 11.0 Å². The Kier molecular flexibility index (Phi) is 6.41. The zero-order chi connectivity index (χ0) is 17.8. The lowest BCUT2D eigenvalue weighted by Gasteiger charge is -1.95. The van der Waals surface area contributed by atoms with E-state index >= 15 is 0 Å². The van der Waals surface area contributed by atoms with Gasteiger partial charge in [0.05, 0.1) is 14.1 Å². The zero-order valence-electron chi connectivity index (χ0n) is 15.3. The van der Waals surface area contributed by atoms with E-state index in [-0.39, 0.29) is 12.4 Å². The van der Waals surface area contributed by atoms with Crippen LogP contribution in [0.3, 0.4) is 0 Å². The number of pyridine rings is 1. The summed E-state index contributed by atoms with van der Waals surface area (Å²) in [6, 6.07) is 13.9. The topological polar surface area (TPSA) is 63.2 Å². The highest BCUT2D eigenvalue weighted by Gasteiger charge is 2.18. The van der Waals surface area contributed by atoms with E-state index < -0.39 is 0 Å². The minimum absolute atomic E-state index is 0. The second kappa shape index (κ2) is 8.53. The van der Waals surface area contributed by atoms with E-state index in [0.717, 1.165) is 22.5 Å². The lowest BCUT2D eigenvalue weighted by atomic mass is 10.3. The van der Waals surface area contributed by atoms with Crippen molar-refractivity contribution in [2.45, 2.75) is 13.3 Å². The molecule has 0 N–H and O–H groups in total. The van der Waals surface area contributed by atoms with E-state index in [1.54, 1.807) is 0 Å². The number of amidine groups is 1. The molecule has 0 saturated carbocycles. The molecule has 2 aromatic heterocycles. The summed E-state index contributed by atoms with van der Waals surface area (Å²) in [6.45, 7) is 1.99. The van der Waals surface area contributed by atoms with Crippen LogP contribution in [0, 0.1) is 0 Å². The van der Waals surface area contributed by atoms with Crippen molar-refractivity contribution in [1.29, 1.82) is 0 Å². The maximum atomic E-state index is 4.40. The van der Waals surface area contributed by atoms with Crippen molar-refractivity contribution >= 4 is 22.8 Å². The standard InChI is InChI=1S/C18H22N7.ClH/c1-5-16(19-21-17-12-8-9-13-23(17)2)20-22-18-24(3)14-10-6-7-11-15(14)25(18)4;/h6-13H,5H2,1-4H3;1H/q+1;/p-1. The minimum atomic E-state index is 0. The molecule has 3 aromatic rings. The van der Waals surface area contributed by atoms with Gasteiger partial charge in [-0.1, -0.05) is 30.2 Å². The van der Waals surface area contributed by atoms with Gasteiger partial charge < -0.3 is 17.0 Å². The van der Waals surface area contributed by atoms with Gasteiger partial charge in [0, 0.05) is 24.8 Å². The quantitative estimate of drug-likeness (QED) is 0.200. The summed E-state index contributed by atoms with van der Waals surface area (Å²) in [4.78, 5) is 0. The summed E-state index contributed by atoms with van der Waals surface area (Å²) < 4.78 is 5.93. The highest BCUT2D eigenvalue weighted by atomic mass is 35.5. The first kappa shape index (κ1) is 19.5. The molecular weight excluding hydrogens is 350 g/mol. The molecule has 8 heteroatoms. The lowest BCUT2D eigenvalue weighted by molar-refractivity contribution is -0.632. The average molecular weight is 372 g/mol. The molecule has 136 valence electrons. The van der Waals surface area contributed by atoms with Crippen LogP contribution in [-0.4, -0.2) is 15.0 Å². The van der Waals surface area contributed by atoms with Crippen molar-refractivity contribution in [2.75, 3.05) is 0 Å². The molecule has 0 spiro atoms. The van der Waals surface area contributed by atoms with Gasteiger partial charge in [-0.25, -0.2) is 9.13 Å². The largest absolute Gasteiger partial charge is 1.00 e. The number of para-hydroxylation sites is 2. The summed E-state index contributed by atoms with van der Waals surface area (Å²) in [6.07, 6.45) is 2.58. The number of hydrogen-bond donors (Lipinski definition) is 0. The van der Waals surface area contributed by atoms with Crippen LogP contribution in [0.4, 0.5) is 5.95 Å². The molecule has 2 heterocycles. The second-order valence-corrected chi connectivity index (χ2v) is 5.75. The molecule has 0 radical (unpaired) electrons. The third-order valence-corrected chi connectivity index (χ3v) is 4.07. The summed E-state index contributed by atoms with van der Waals surface area (Å²) in [7, 11) is 5.89. The van der Waals surface area contributed by atoms with Crippen molar-refractivity contribution < 1.29 is 17.0 Å². The molecule has 0 aliphatic carbocycles. The maximum absolute atomic E-state index is 4.40.